The second kappa shape index (κ2) is 13.2. The monoisotopic (exact) mass is 582 g/mol. The fourth-order valence-electron chi connectivity index (χ4n) is 6.87. The van der Waals surface area contributed by atoms with E-state index in [1.165, 1.54) is 12.1 Å². The first kappa shape index (κ1) is 29.9. The van der Waals surface area contributed by atoms with Crippen molar-refractivity contribution in [1.29, 1.82) is 0 Å². The summed E-state index contributed by atoms with van der Waals surface area (Å²) in [6.07, 6.45) is 8.29. The lowest BCUT2D eigenvalue weighted by atomic mass is 9.97. The Balaban J connectivity index is 1.10. The molecule has 0 spiro atoms. The van der Waals surface area contributed by atoms with Crippen LogP contribution < -0.4 is 4.90 Å². The Hall–Kier alpha value is -2.56. The molecule has 0 saturated carbocycles. The Morgan fingerprint density at radius 2 is 1.68 bits per heavy atom. The minimum absolute atomic E-state index is 0.0193. The van der Waals surface area contributed by atoms with Crippen molar-refractivity contribution in [2.75, 3.05) is 57.0 Å². The summed E-state index contributed by atoms with van der Waals surface area (Å²) in [4.78, 5) is 29.4. The van der Waals surface area contributed by atoms with E-state index >= 15 is 0 Å². The summed E-state index contributed by atoms with van der Waals surface area (Å²) in [5, 5.41) is 0. The number of aryl methyl sites for hydroxylation is 1. The van der Waals surface area contributed by atoms with Gasteiger partial charge in [0, 0.05) is 62.3 Å². The maximum Gasteiger partial charge on any atom is 0.272 e. The van der Waals surface area contributed by atoms with Crippen molar-refractivity contribution in [3.8, 4) is 0 Å². The van der Waals surface area contributed by atoms with Crippen LogP contribution in [0.25, 0.3) is 0 Å². The lowest BCUT2D eigenvalue weighted by molar-refractivity contribution is 0.0542. The molecule has 10 heteroatoms. The molecule has 3 fully saturated rings. The van der Waals surface area contributed by atoms with Gasteiger partial charge in [0.05, 0.1) is 5.75 Å². The van der Waals surface area contributed by atoms with Gasteiger partial charge in [-0.15, -0.1) is 0 Å². The standard InChI is InChI=1S/C31H46N6O3S/c1-4-41(39,40)34(3)26-13-18-35(19-14-26)28-15-20-36(21-16-28)31(38)30-24(2)29(32-23-33-30)11-10-25-12-17-37(22-25)27-8-6-5-7-9-27/h5-9,23,25-26,28H,4,10-22H2,1-3H3/t25-/m0/s1. The smallest absolute Gasteiger partial charge is 0.272 e. The SMILES string of the molecule is CCS(=O)(=O)N(C)C1CCN(C2CCN(C(=O)c3ncnc(CC[C@H]4CCN(c5ccccc5)C4)c3C)CC2)CC1. The van der Waals surface area contributed by atoms with Crippen LogP contribution >= 0.6 is 0 Å². The van der Waals surface area contributed by atoms with Crippen molar-refractivity contribution < 1.29 is 13.2 Å². The highest BCUT2D eigenvalue weighted by molar-refractivity contribution is 7.89. The lowest BCUT2D eigenvalue weighted by Crippen LogP contribution is -2.52. The van der Waals surface area contributed by atoms with E-state index in [4.69, 9.17) is 0 Å². The molecule has 224 valence electrons. The molecule has 2 aromatic rings. The number of hydrogen-bond donors (Lipinski definition) is 0. The molecule has 1 aromatic heterocycles. The van der Waals surface area contributed by atoms with Gasteiger partial charge in [-0.1, -0.05) is 18.2 Å². The molecule has 3 aliphatic rings. The number of para-hydroxylation sites is 1. The number of hydrogen-bond acceptors (Lipinski definition) is 7. The Bertz CT molecular complexity index is 1270. The van der Waals surface area contributed by atoms with E-state index in [0.717, 1.165) is 89.1 Å². The number of likely N-dealkylation sites (tertiary alicyclic amines) is 2. The lowest BCUT2D eigenvalue weighted by Gasteiger charge is -2.43. The molecule has 41 heavy (non-hydrogen) atoms. The fourth-order valence-corrected chi connectivity index (χ4v) is 7.94. The van der Waals surface area contributed by atoms with Gasteiger partial charge in [-0.2, -0.15) is 0 Å². The van der Waals surface area contributed by atoms with Crippen LogP contribution in [0.15, 0.2) is 36.7 Å². The summed E-state index contributed by atoms with van der Waals surface area (Å²) in [6, 6.07) is 11.1. The first-order valence-electron chi connectivity index (χ1n) is 15.4. The Morgan fingerprint density at radius 1 is 0.976 bits per heavy atom. The van der Waals surface area contributed by atoms with E-state index < -0.39 is 10.0 Å². The van der Waals surface area contributed by atoms with Gasteiger partial charge in [0.25, 0.3) is 5.91 Å². The fraction of sp³-hybridized carbons (Fsp3) is 0.645. The molecule has 1 amide bonds. The van der Waals surface area contributed by atoms with Gasteiger partial charge in [-0.25, -0.2) is 22.7 Å². The predicted molar refractivity (Wildman–Crippen MR) is 163 cm³/mol. The summed E-state index contributed by atoms with van der Waals surface area (Å²) in [7, 11) is -1.43. The van der Waals surface area contributed by atoms with E-state index in [1.54, 1.807) is 24.6 Å². The van der Waals surface area contributed by atoms with Gasteiger partial charge in [0.1, 0.15) is 12.0 Å². The van der Waals surface area contributed by atoms with E-state index in [1.807, 2.05) is 11.8 Å². The maximum atomic E-state index is 13.5. The summed E-state index contributed by atoms with van der Waals surface area (Å²) in [5.74, 6) is 0.799. The van der Waals surface area contributed by atoms with Crippen molar-refractivity contribution in [3.63, 3.8) is 0 Å². The Morgan fingerprint density at radius 3 is 2.37 bits per heavy atom. The van der Waals surface area contributed by atoms with E-state index in [2.05, 4.69) is 50.1 Å². The zero-order valence-electron chi connectivity index (χ0n) is 24.9. The highest BCUT2D eigenvalue weighted by Crippen LogP contribution is 2.28. The molecule has 0 N–H and O–H groups in total. The van der Waals surface area contributed by atoms with Gasteiger partial charge >= 0.3 is 0 Å². The van der Waals surface area contributed by atoms with E-state index in [-0.39, 0.29) is 17.7 Å². The molecule has 3 saturated heterocycles. The first-order chi connectivity index (χ1) is 19.8. The number of benzene rings is 1. The minimum atomic E-state index is -3.15. The molecule has 5 rings (SSSR count). The number of sulfonamides is 1. The molecule has 0 unspecified atom stereocenters. The summed E-state index contributed by atoms with van der Waals surface area (Å²) in [5.41, 5.74) is 3.76. The highest BCUT2D eigenvalue weighted by atomic mass is 32.2. The number of anilines is 1. The normalized spacial score (nSPS) is 21.6. The van der Waals surface area contributed by atoms with Crippen LogP contribution in [0.1, 0.15) is 67.2 Å². The van der Waals surface area contributed by atoms with Crippen LogP contribution in [0.3, 0.4) is 0 Å². The van der Waals surface area contributed by atoms with Crippen LogP contribution in [0.2, 0.25) is 0 Å². The van der Waals surface area contributed by atoms with Gasteiger partial charge < -0.3 is 14.7 Å². The number of aromatic nitrogens is 2. The molecule has 1 atom stereocenters. The van der Waals surface area contributed by atoms with Gasteiger partial charge in [0.15, 0.2) is 0 Å². The minimum Gasteiger partial charge on any atom is -0.371 e. The van der Waals surface area contributed by atoms with Crippen LogP contribution in [0.4, 0.5) is 5.69 Å². The van der Waals surface area contributed by atoms with Crippen molar-refractivity contribution >= 4 is 21.6 Å². The van der Waals surface area contributed by atoms with Gasteiger partial charge in [-0.3, -0.25) is 4.79 Å². The molecule has 9 nitrogen and oxygen atoms in total. The van der Waals surface area contributed by atoms with E-state index in [0.29, 0.717) is 17.7 Å². The number of amides is 1. The number of carbonyl (C=O) groups excluding carboxylic acids is 1. The zero-order valence-corrected chi connectivity index (χ0v) is 25.7. The molecule has 0 radical (unpaired) electrons. The number of carbonyl (C=O) groups is 1. The zero-order chi connectivity index (χ0) is 29.0. The quantitative estimate of drug-likeness (QED) is 0.446. The molecule has 1 aromatic carbocycles. The Labute approximate surface area is 246 Å². The van der Waals surface area contributed by atoms with Crippen molar-refractivity contribution in [3.05, 3.63) is 53.6 Å². The molecule has 4 heterocycles. The average Bonchev–Trinajstić information content (AvgIpc) is 3.50. The van der Waals surface area contributed by atoms with E-state index in [9.17, 15) is 13.2 Å². The molecule has 0 bridgehead atoms. The third kappa shape index (κ3) is 6.92. The molecule has 0 aliphatic carbocycles. The topological polar surface area (TPSA) is 90.0 Å². The molecule has 3 aliphatic heterocycles. The van der Waals surface area contributed by atoms with Gasteiger partial charge in [0.2, 0.25) is 10.0 Å². The number of rotatable bonds is 9. The van der Waals surface area contributed by atoms with Crippen molar-refractivity contribution in [2.45, 2.75) is 70.9 Å². The highest BCUT2D eigenvalue weighted by Gasteiger charge is 2.34. The number of piperidine rings is 2. The van der Waals surface area contributed by atoms with Crippen molar-refractivity contribution in [1.82, 2.24) is 24.1 Å². The third-order valence-electron chi connectivity index (χ3n) is 9.67. The first-order valence-corrected chi connectivity index (χ1v) is 17.0. The molecular weight excluding hydrogens is 536 g/mol. The molecular formula is C31H46N6O3S. The van der Waals surface area contributed by atoms with Crippen LogP contribution in [0, 0.1) is 12.8 Å². The second-order valence-corrected chi connectivity index (χ2v) is 14.3. The summed E-state index contributed by atoms with van der Waals surface area (Å²) >= 11 is 0. The summed E-state index contributed by atoms with van der Waals surface area (Å²) in [6.45, 7) is 9.13. The second-order valence-electron chi connectivity index (χ2n) is 12.0. The third-order valence-corrected chi connectivity index (χ3v) is 11.6. The maximum absolute atomic E-state index is 13.5. The summed E-state index contributed by atoms with van der Waals surface area (Å²) < 4.78 is 26.1. The number of nitrogens with zero attached hydrogens (tertiary/aromatic N) is 6. The largest absolute Gasteiger partial charge is 0.371 e. The van der Waals surface area contributed by atoms with Crippen LogP contribution in [-0.2, 0) is 16.4 Å². The van der Waals surface area contributed by atoms with Crippen LogP contribution in [0.5, 0.6) is 0 Å². The van der Waals surface area contributed by atoms with Crippen molar-refractivity contribution in [2.24, 2.45) is 5.92 Å². The van der Waals surface area contributed by atoms with Gasteiger partial charge in [-0.05, 0) is 89.9 Å². The predicted octanol–water partition coefficient (Wildman–Crippen LogP) is 3.59. The Kier molecular flexibility index (Phi) is 9.61. The van der Waals surface area contributed by atoms with Crippen LogP contribution in [-0.4, -0.2) is 103 Å². The average molecular weight is 583 g/mol.